The van der Waals surface area contributed by atoms with Crippen molar-refractivity contribution in [1.29, 1.82) is 0 Å². The summed E-state index contributed by atoms with van der Waals surface area (Å²) in [6.45, 7) is 1.87. The van der Waals surface area contributed by atoms with E-state index >= 15 is 0 Å². The molecule has 3 rings (SSSR count). The monoisotopic (exact) mass is 312 g/mol. The Kier molecular flexibility index (Phi) is 3.73. The van der Waals surface area contributed by atoms with Crippen LogP contribution in [0.1, 0.15) is 21.7 Å². The van der Waals surface area contributed by atoms with E-state index in [0.29, 0.717) is 11.3 Å². The number of halogens is 1. The van der Waals surface area contributed by atoms with E-state index in [9.17, 15) is 9.90 Å². The molecule has 3 aromatic rings. The van der Waals surface area contributed by atoms with Crippen molar-refractivity contribution in [3.8, 4) is 5.75 Å². The van der Waals surface area contributed by atoms with Gasteiger partial charge in [0.05, 0.1) is 5.02 Å². The number of ketones is 1. The van der Waals surface area contributed by atoms with Gasteiger partial charge in [-0.25, -0.2) is 0 Å². The number of carbonyl (C=O) groups is 1. The van der Waals surface area contributed by atoms with Crippen molar-refractivity contribution in [2.75, 3.05) is 0 Å². The Balaban J connectivity index is 1.91. The number of phenols is 1. The van der Waals surface area contributed by atoms with E-state index in [1.54, 1.807) is 18.2 Å². The molecule has 0 bridgehead atoms. The largest absolute Gasteiger partial charge is 0.506 e. The SMILES string of the molecule is Cc1c(C(=O)/C=C/c2ccc(O)c(Cl)c2)oc2ccccc12. The van der Waals surface area contributed by atoms with Crippen LogP contribution in [0.15, 0.2) is 53.0 Å². The first-order chi connectivity index (χ1) is 10.6. The van der Waals surface area contributed by atoms with Gasteiger partial charge in [0.1, 0.15) is 11.3 Å². The Morgan fingerprint density at radius 3 is 2.73 bits per heavy atom. The fourth-order valence-electron chi connectivity index (χ4n) is 2.28. The first-order valence-electron chi connectivity index (χ1n) is 6.75. The van der Waals surface area contributed by atoms with E-state index in [0.717, 1.165) is 16.5 Å². The van der Waals surface area contributed by atoms with Gasteiger partial charge in [-0.1, -0.05) is 41.9 Å². The molecule has 0 radical (unpaired) electrons. The molecule has 0 atom stereocenters. The highest BCUT2D eigenvalue weighted by atomic mass is 35.5. The van der Waals surface area contributed by atoms with Crippen LogP contribution in [0.25, 0.3) is 17.0 Å². The summed E-state index contributed by atoms with van der Waals surface area (Å²) in [6, 6.07) is 12.3. The Bertz CT molecular complexity index is 890. The number of phenolic OH excluding ortho intramolecular Hbond substituents is 1. The van der Waals surface area contributed by atoms with Crippen LogP contribution in [0.4, 0.5) is 0 Å². The lowest BCUT2D eigenvalue weighted by Gasteiger charge is -1.98. The number of aromatic hydroxyl groups is 1. The highest BCUT2D eigenvalue weighted by molar-refractivity contribution is 6.32. The average Bonchev–Trinajstić information content (AvgIpc) is 2.86. The molecule has 0 unspecified atom stereocenters. The van der Waals surface area contributed by atoms with Gasteiger partial charge in [0.25, 0.3) is 0 Å². The number of benzene rings is 2. The van der Waals surface area contributed by atoms with Crippen LogP contribution in [-0.4, -0.2) is 10.9 Å². The van der Waals surface area contributed by atoms with E-state index in [-0.39, 0.29) is 16.6 Å². The summed E-state index contributed by atoms with van der Waals surface area (Å²) in [5, 5.41) is 10.6. The fraction of sp³-hybridized carbons (Fsp3) is 0.0556. The molecule has 1 heterocycles. The van der Waals surface area contributed by atoms with Crippen molar-refractivity contribution in [3.05, 3.63) is 70.5 Å². The number of para-hydroxylation sites is 1. The third-order valence-electron chi connectivity index (χ3n) is 3.47. The number of hydrogen-bond donors (Lipinski definition) is 1. The molecule has 2 aromatic carbocycles. The van der Waals surface area contributed by atoms with Crippen molar-refractivity contribution < 1.29 is 14.3 Å². The van der Waals surface area contributed by atoms with Gasteiger partial charge in [0.15, 0.2) is 5.76 Å². The minimum Gasteiger partial charge on any atom is -0.506 e. The molecular weight excluding hydrogens is 300 g/mol. The first kappa shape index (κ1) is 14.4. The molecule has 0 saturated heterocycles. The van der Waals surface area contributed by atoms with E-state index in [1.165, 1.54) is 12.1 Å². The summed E-state index contributed by atoms with van der Waals surface area (Å²) < 4.78 is 5.63. The van der Waals surface area contributed by atoms with Crippen molar-refractivity contribution in [2.24, 2.45) is 0 Å². The summed E-state index contributed by atoms with van der Waals surface area (Å²) in [4.78, 5) is 12.3. The minimum absolute atomic E-state index is 0.0123. The molecular formula is C18H13ClO3. The lowest BCUT2D eigenvalue weighted by molar-refractivity contribution is 0.102. The molecule has 22 heavy (non-hydrogen) atoms. The quantitative estimate of drug-likeness (QED) is 0.547. The van der Waals surface area contributed by atoms with Gasteiger partial charge >= 0.3 is 0 Å². The molecule has 3 nitrogen and oxygen atoms in total. The van der Waals surface area contributed by atoms with Crippen molar-refractivity contribution in [2.45, 2.75) is 6.92 Å². The number of fused-ring (bicyclic) bond motifs is 1. The van der Waals surface area contributed by atoms with Crippen LogP contribution in [-0.2, 0) is 0 Å². The molecule has 110 valence electrons. The van der Waals surface area contributed by atoms with Crippen LogP contribution in [0.2, 0.25) is 5.02 Å². The molecule has 0 aliphatic heterocycles. The zero-order chi connectivity index (χ0) is 15.7. The Labute approximate surface area is 132 Å². The number of aryl methyl sites for hydroxylation is 1. The second-order valence-electron chi connectivity index (χ2n) is 4.96. The van der Waals surface area contributed by atoms with E-state index < -0.39 is 0 Å². The maximum absolute atomic E-state index is 12.3. The topological polar surface area (TPSA) is 50.4 Å². The molecule has 0 aliphatic carbocycles. The average molecular weight is 313 g/mol. The number of furan rings is 1. The standard InChI is InChI=1S/C18H13ClO3/c1-11-13-4-2-3-5-17(13)22-18(11)16(21)9-7-12-6-8-15(20)14(19)10-12/h2-10,20H,1H3/b9-7+. The summed E-state index contributed by atoms with van der Waals surface area (Å²) in [5.41, 5.74) is 2.25. The van der Waals surface area contributed by atoms with Crippen LogP contribution >= 0.6 is 11.6 Å². The summed E-state index contributed by atoms with van der Waals surface area (Å²) in [6.07, 6.45) is 3.08. The normalized spacial score (nSPS) is 11.4. The van der Waals surface area contributed by atoms with Crippen LogP contribution in [0, 0.1) is 6.92 Å². The lowest BCUT2D eigenvalue weighted by Crippen LogP contribution is -1.93. The summed E-state index contributed by atoms with van der Waals surface area (Å²) in [5.74, 6) is 0.137. The third-order valence-corrected chi connectivity index (χ3v) is 3.77. The first-order valence-corrected chi connectivity index (χ1v) is 7.13. The smallest absolute Gasteiger partial charge is 0.221 e. The summed E-state index contributed by atoms with van der Waals surface area (Å²) in [7, 11) is 0. The number of allylic oxidation sites excluding steroid dienone is 1. The van der Waals surface area contributed by atoms with E-state index in [2.05, 4.69) is 0 Å². The zero-order valence-corrected chi connectivity index (χ0v) is 12.6. The number of rotatable bonds is 3. The highest BCUT2D eigenvalue weighted by Crippen LogP contribution is 2.26. The molecule has 1 aromatic heterocycles. The maximum atomic E-state index is 12.3. The predicted molar refractivity (Wildman–Crippen MR) is 87.4 cm³/mol. The second kappa shape index (κ2) is 5.70. The van der Waals surface area contributed by atoms with Gasteiger partial charge in [0, 0.05) is 10.9 Å². The third kappa shape index (κ3) is 2.63. The molecule has 4 heteroatoms. The fourth-order valence-corrected chi connectivity index (χ4v) is 2.47. The molecule has 0 saturated carbocycles. The van der Waals surface area contributed by atoms with Crippen LogP contribution in [0.3, 0.4) is 0 Å². The Morgan fingerprint density at radius 2 is 2.00 bits per heavy atom. The van der Waals surface area contributed by atoms with Gasteiger partial charge in [-0.15, -0.1) is 0 Å². The number of hydrogen-bond acceptors (Lipinski definition) is 3. The highest BCUT2D eigenvalue weighted by Gasteiger charge is 2.14. The van der Waals surface area contributed by atoms with E-state index in [4.69, 9.17) is 16.0 Å². The predicted octanol–water partition coefficient (Wildman–Crippen LogP) is 5.00. The van der Waals surface area contributed by atoms with Gasteiger partial charge < -0.3 is 9.52 Å². The molecule has 0 fully saturated rings. The molecule has 0 aliphatic rings. The molecule has 0 amide bonds. The lowest BCUT2D eigenvalue weighted by atomic mass is 10.1. The summed E-state index contributed by atoms with van der Waals surface area (Å²) >= 11 is 5.84. The van der Waals surface area contributed by atoms with Crippen molar-refractivity contribution in [3.63, 3.8) is 0 Å². The Hall–Kier alpha value is -2.52. The second-order valence-corrected chi connectivity index (χ2v) is 5.37. The zero-order valence-electron chi connectivity index (χ0n) is 11.8. The van der Waals surface area contributed by atoms with Gasteiger partial charge in [-0.05, 0) is 36.8 Å². The molecule has 0 spiro atoms. The molecule has 1 N–H and O–H groups in total. The Morgan fingerprint density at radius 1 is 1.23 bits per heavy atom. The van der Waals surface area contributed by atoms with Crippen LogP contribution < -0.4 is 0 Å². The van der Waals surface area contributed by atoms with Crippen molar-refractivity contribution in [1.82, 2.24) is 0 Å². The van der Waals surface area contributed by atoms with Crippen molar-refractivity contribution >= 4 is 34.4 Å². The maximum Gasteiger partial charge on any atom is 0.221 e. The van der Waals surface area contributed by atoms with Gasteiger partial charge in [0.2, 0.25) is 5.78 Å². The van der Waals surface area contributed by atoms with Gasteiger partial charge in [-0.2, -0.15) is 0 Å². The minimum atomic E-state index is -0.210. The van der Waals surface area contributed by atoms with E-state index in [1.807, 2.05) is 31.2 Å². The van der Waals surface area contributed by atoms with Gasteiger partial charge in [-0.3, -0.25) is 4.79 Å². The number of carbonyl (C=O) groups excluding carboxylic acids is 1. The van der Waals surface area contributed by atoms with Crippen LogP contribution in [0.5, 0.6) is 5.75 Å².